The molecule has 180 valence electrons. The van der Waals surface area contributed by atoms with Gasteiger partial charge in [0, 0.05) is 18.3 Å². The Balaban J connectivity index is 2.27. The molecule has 1 atom stereocenters. The van der Waals surface area contributed by atoms with Gasteiger partial charge in [-0.1, -0.05) is 55.4 Å². The average molecular weight is 485 g/mol. The molecule has 2 rings (SSSR count). The summed E-state index contributed by atoms with van der Waals surface area (Å²) < 4.78 is 19.8. The summed E-state index contributed by atoms with van der Waals surface area (Å²) in [7, 11) is -6.06. The van der Waals surface area contributed by atoms with Crippen molar-refractivity contribution >= 4 is 22.9 Å². The Morgan fingerprint density at radius 3 is 2.06 bits per heavy atom. The number of aromatic amines is 1. The number of aromatic nitrogens is 2. The Bertz CT molecular complexity index is 949. The van der Waals surface area contributed by atoms with Crippen molar-refractivity contribution in [2.45, 2.75) is 83.8 Å². The van der Waals surface area contributed by atoms with Crippen molar-refractivity contribution in [3.8, 4) is 0 Å². The number of carbonyl (C=O) groups excluding carboxylic acids is 1. The van der Waals surface area contributed by atoms with Crippen molar-refractivity contribution in [3.05, 3.63) is 44.9 Å². The van der Waals surface area contributed by atoms with Gasteiger partial charge in [-0.15, -0.1) is 0 Å². The molecular weight excluding hydrogens is 448 g/mol. The summed E-state index contributed by atoms with van der Waals surface area (Å²) in [6.07, 6.45) is 1.34. The normalized spacial score (nSPS) is 17.6. The van der Waals surface area contributed by atoms with Gasteiger partial charge in [0.15, 0.2) is 0 Å². The maximum atomic E-state index is 12.5. The van der Waals surface area contributed by atoms with E-state index in [4.69, 9.17) is 13.3 Å². The van der Waals surface area contributed by atoms with Gasteiger partial charge in [-0.05, 0) is 22.2 Å². The number of ketones is 1. The molecule has 0 aromatic carbocycles. The molecule has 0 fully saturated rings. The topological polar surface area (TPSA) is 120 Å². The fourth-order valence-electron chi connectivity index (χ4n) is 3.95. The molecule has 1 aromatic rings. The molecule has 1 aromatic heterocycles. The summed E-state index contributed by atoms with van der Waals surface area (Å²) in [6.45, 7) is 16.0. The molecule has 9 nitrogen and oxygen atoms in total. The van der Waals surface area contributed by atoms with Crippen molar-refractivity contribution in [2.75, 3.05) is 6.61 Å². The lowest BCUT2D eigenvalue weighted by Gasteiger charge is -2.45. The lowest BCUT2D eigenvalue weighted by atomic mass is 10.3. The van der Waals surface area contributed by atoms with Crippen LogP contribution in [0.2, 0.25) is 22.2 Å². The van der Waals surface area contributed by atoms with Gasteiger partial charge in [0.2, 0.25) is 12.0 Å². The van der Waals surface area contributed by atoms with Gasteiger partial charge < -0.3 is 18.1 Å². The molecule has 32 heavy (non-hydrogen) atoms. The Hall–Kier alpha value is -1.80. The summed E-state index contributed by atoms with van der Waals surface area (Å²) in [6, 6.07) is 1.15. The van der Waals surface area contributed by atoms with Gasteiger partial charge in [0.25, 0.3) is 5.56 Å². The Morgan fingerprint density at radius 2 is 1.59 bits per heavy atom. The summed E-state index contributed by atoms with van der Waals surface area (Å²) in [4.78, 5) is 49.4. The van der Waals surface area contributed by atoms with E-state index in [1.165, 1.54) is 12.3 Å². The van der Waals surface area contributed by atoms with Crippen LogP contribution in [-0.2, 0) is 18.1 Å². The van der Waals surface area contributed by atoms with Crippen molar-refractivity contribution in [1.82, 2.24) is 9.55 Å². The number of hydrogen-bond donors (Lipinski definition) is 2. The van der Waals surface area contributed by atoms with Crippen molar-refractivity contribution < 1.29 is 22.9 Å². The fraction of sp³-hybridized carbons (Fsp3) is 0.667. The number of nitrogens with zero attached hydrogens (tertiary/aromatic N) is 1. The zero-order chi connectivity index (χ0) is 24.4. The second-order valence-electron chi connectivity index (χ2n) is 9.48. The van der Waals surface area contributed by atoms with Crippen LogP contribution in [0.3, 0.4) is 0 Å². The van der Waals surface area contributed by atoms with Crippen LogP contribution >= 0.6 is 0 Å². The summed E-state index contributed by atoms with van der Waals surface area (Å²) >= 11 is 0. The van der Waals surface area contributed by atoms with E-state index in [0.717, 1.165) is 10.6 Å². The first-order valence-corrected chi connectivity index (χ1v) is 15.0. The van der Waals surface area contributed by atoms with Crippen LogP contribution in [0.4, 0.5) is 0 Å². The predicted molar refractivity (Wildman–Crippen MR) is 126 cm³/mol. The number of nitrogens with one attached hydrogen (secondary N) is 1. The third-order valence-corrected chi connectivity index (χ3v) is 15.6. The predicted octanol–water partition coefficient (Wildman–Crippen LogP) is 3.07. The molecular formula is C21H36N2O7Si2. The van der Waals surface area contributed by atoms with Crippen molar-refractivity contribution in [2.24, 2.45) is 0 Å². The van der Waals surface area contributed by atoms with Gasteiger partial charge in [0.1, 0.15) is 5.76 Å². The zero-order valence-electron chi connectivity index (χ0n) is 20.2. The first-order valence-electron chi connectivity index (χ1n) is 11.0. The highest BCUT2D eigenvalue weighted by Gasteiger charge is 2.54. The van der Waals surface area contributed by atoms with Gasteiger partial charge in [0.05, 0.1) is 6.61 Å². The molecule has 2 heterocycles. The molecule has 0 radical (unpaired) electrons. The highest BCUT2D eigenvalue weighted by molar-refractivity contribution is 6.83. The summed E-state index contributed by atoms with van der Waals surface area (Å²) in [5, 5.41) is 0. The van der Waals surface area contributed by atoms with Gasteiger partial charge >= 0.3 is 22.8 Å². The zero-order valence-corrected chi connectivity index (χ0v) is 22.2. The molecule has 0 saturated heterocycles. The molecule has 1 aliphatic heterocycles. The molecule has 2 N–H and O–H groups in total. The Kier molecular flexibility index (Phi) is 8.27. The van der Waals surface area contributed by atoms with Crippen LogP contribution in [0, 0.1) is 0 Å². The molecule has 0 amide bonds. The fourth-order valence-corrected chi connectivity index (χ4v) is 13.7. The third kappa shape index (κ3) is 5.22. The molecule has 11 heteroatoms. The lowest BCUT2D eigenvalue weighted by molar-refractivity contribution is -0.125. The van der Waals surface area contributed by atoms with Crippen LogP contribution in [0.25, 0.3) is 0 Å². The number of H-pyrrole nitrogens is 1. The summed E-state index contributed by atoms with van der Waals surface area (Å²) in [5.74, 6) is -0.144. The van der Waals surface area contributed by atoms with E-state index in [1.807, 2.05) is 55.4 Å². The highest BCUT2D eigenvalue weighted by atomic mass is 28.5. The van der Waals surface area contributed by atoms with Gasteiger partial charge in [-0.3, -0.25) is 19.1 Å². The number of carbonyl (C=O) groups is 1. The first-order chi connectivity index (χ1) is 14.7. The second kappa shape index (κ2) is 10.00. The van der Waals surface area contributed by atoms with Gasteiger partial charge in [-0.2, -0.15) is 0 Å². The average Bonchev–Trinajstić information content (AvgIpc) is 3.04. The van der Waals surface area contributed by atoms with E-state index in [9.17, 15) is 19.2 Å². The quantitative estimate of drug-likeness (QED) is 0.490. The smallest absolute Gasteiger partial charge is 0.335 e. The molecule has 0 spiro atoms. The third-order valence-electron chi connectivity index (χ3n) is 5.94. The minimum atomic E-state index is -3.10. The summed E-state index contributed by atoms with van der Waals surface area (Å²) in [5.41, 5.74) is -1.25. The van der Waals surface area contributed by atoms with Crippen LogP contribution in [0.1, 0.15) is 61.6 Å². The SMILES string of the molecule is CC(C)[Si](O)(O[Si](OCC1=CC(=O)[C@H](n2ccc(=O)[nH]c2=O)O1)(C(C)C)C(C)C)C(C)C. The minimum absolute atomic E-state index is 0.0103. The molecule has 1 aliphatic rings. The van der Waals surface area contributed by atoms with E-state index < -0.39 is 40.4 Å². The minimum Gasteiger partial charge on any atom is -0.464 e. The lowest BCUT2D eigenvalue weighted by Crippen LogP contribution is -2.60. The molecule has 0 bridgehead atoms. The van der Waals surface area contributed by atoms with E-state index in [1.54, 1.807) is 0 Å². The number of ether oxygens (including phenoxy) is 1. The molecule has 0 unspecified atom stereocenters. The molecule has 0 saturated carbocycles. The maximum Gasteiger partial charge on any atom is 0.335 e. The van der Waals surface area contributed by atoms with E-state index in [2.05, 4.69) is 4.98 Å². The van der Waals surface area contributed by atoms with Crippen LogP contribution < -0.4 is 11.2 Å². The number of rotatable bonds is 10. The largest absolute Gasteiger partial charge is 0.464 e. The van der Waals surface area contributed by atoms with Crippen LogP contribution in [0.5, 0.6) is 0 Å². The Labute approximate surface area is 190 Å². The van der Waals surface area contributed by atoms with Crippen molar-refractivity contribution in [1.29, 1.82) is 0 Å². The van der Waals surface area contributed by atoms with Crippen molar-refractivity contribution in [3.63, 3.8) is 0 Å². The van der Waals surface area contributed by atoms with E-state index in [0.29, 0.717) is 0 Å². The van der Waals surface area contributed by atoms with Crippen LogP contribution in [0.15, 0.2) is 33.7 Å². The van der Waals surface area contributed by atoms with Gasteiger partial charge in [-0.25, -0.2) is 4.79 Å². The Morgan fingerprint density at radius 1 is 1.03 bits per heavy atom. The first kappa shape index (κ1) is 26.5. The second-order valence-corrected chi connectivity index (χ2v) is 18.2. The van der Waals surface area contributed by atoms with E-state index in [-0.39, 0.29) is 34.5 Å². The monoisotopic (exact) mass is 484 g/mol. The highest BCUT2D eigenvalue weighted by Crippen LogP contribution is 2.42. The number of hydrogen-bond acceptors (Lipinski definition) is 7. The van der Waals surface area contributed by atoms with E-state index >= 15 is 0 Å². The molecule has 0 aliphatic carbocycles. The van der Waals surface area contributed by atoms with Crippen LogP contribution in [-0.4, -0.2) is 43.9 Å². The maximum absolute atomic E-state index is 12.5. The standard InChI is InChI=1S/C21H36N2O7Si2/c1-13(2)31(27,14(3)4)30-32(15(5)6,16(7)8)28-12-17-11-18(24)20(29-17)23-10-9-19(25)22-21(23)26/h9-11,13-16,20,27H,12H2,1-8H3,(H,22,25,26)/t20-/m1/s1.